The van der Waals surface area contributed by atoms with Crippen LogP contribution in [0.5, 0.6) is 0 Å². The zero-order valence-electron chi connectivity index (χ0n) is 18.0. The van der Waals surface area contributed by atoms with Gasteiger partial charge >= 0.3 is 11.8 Å². The van der Waals surface area contributed by atoms with Gasteiger partial charge < -0.3 is 15.1 Å². The summed E-state index contributed by atoms with van der Waals surface area (Å²) >= 11 is 1.65. The molecule has 1 aromatic heterocycles. The highest BCUT2D eigenvalue weighted by Gasteiger charge is 2.20. The van der Waals surface area contributed by atoms with Gasteiger partial charge in [0.2, 0.25) is 0 Å². The van der Waals surface area contributed by atoms with Gasteiger partial charge in [0.15, 0.2) is 0 Å². The predicted molar refractivity (Wildman–Crippen MR) is 126 cm³/mol. The summed E-state index contributed by atoms with van der Waals surface area (Å²) < 4.78 is 1.18. The van der Waals surface area contributed by atoms with Gasteiger partial charge in [0.05, 0.1) is 0 Å². The van der Waals surface area contributed by atoms with Crippen molar-refractivity contribution in [2.75, 3.05) is 45.6 Å². The SMILES string of the molecule is CN1CCN(Cc2cccc(NC(=O)C(=O)N(C)Cc3csc4ccccc34)c2)CC1. The fourth-order valence-electron chi connectivity index (χ4n) is 3.85. The predicted octanol–water partition coefficient (Wildman–Crippen LogP) is 3.25. The molecular weight excluding hydrogens is 408 g/mol. The largest absolute Gasteiger partial charge is 0.333 e. The highest BCUT2D eigenvalue weighted by Crippen LogP contribution is 2.26. The molecule has 1 aliphatic rings. The molecule has 162 valence electrons. The first-order valence-electron chi connectivity index (χ1n) is 10.5. The van der Waals surface area contributed by atoms with Crippen LogP contribution in [-0.4, -0.2) is 66.8 Å². The lowest BCUT2D eigenvalue weighted by atomic mass is 10.1. The van der Waals surface area contributed by atoms with Crippen LogP contribution in [0.1, 0.15) is 11.1 Å². The number of hydrogen-bond acceptors (Lipinski definition) is 5. The van der Waals surface area contributed by atoms with E-state index in [4.69, 9.17) is 0 Å². The number of hydrogen-bond donors (Lipinski definition) is 1. The Bertz CT molecular complexity index is 1070. The Hall–Kier alpha value is -2.74. The number of likely N-dealkylation sites (N-methyl/N-ethyl adjacent to an activating group) is 2. The van der Waals surface area contributed by atoms with Gasteiger partial charge in [0.25, 0.3) is 0 Å². The van der Waals surface area contributed by atoms with Crippen molar-refractivity contribution in [1.82, 2.24) is 14.7 Å². The molecule has 6 nitrogen and oxygen atoms in total. The Morgan fingerprint density at radius 2 is 1.84 bits per heavy atom. The summed E-state index contributed by atoms with van der Waals surface area (Å²) in [5.74, 6) is -1.15. The molecule has 0 unspecified atom stereocenters. The molecule has 1 fully saturated rings. The van der Waals surface area contributed by atoms with E-state index < -0.39 is 11.8 Å². The van der Waals surface area contributed by atoms with Gasteiger partial charge in [-0.05, 0) is 47.1 Å². The lowest BCUT2D eigenvalue weighted by molar-refractivity contribution is -0.142. The number of nitrogens with zero attached hydrogens (tertiary/aromatic N) is 3. The summed E-state index contributed by atoms with van der Waals surface area (Å²) in [5, 5.41) is 5.95. The first-order valence-corrected chi connectivity index (χ1v) is 11.4. The normalized spacial score (nSPS) is 15.2. The molecule has 1 saturated heterocycles. The molecule has 31 heavy (non-hydrogen) atoms. The summed E-state index contributed by atoms with van der Waals surface area (Å²) in [6.07, 6.45) is 0. The van der Waals surface area contributed by atoms with Crippen molar-refractivity contribution in [3.63, 3.8) is 0 Å². The first kappa shape index (κ1) is 21.5. The zero-order chi connectivity index (χ0) is 21.8. The number of benzene rings is 2. The van der Waals surface area contributed by atoms with Crippen LogP contribution in [-0.2, 0) is 22.7 Å². The van der Waals surface area contributed by atoms with Crippen LogP contribution in [0.4, 0.5) is 5.69 Å². The van der Waals surface area contributed by atoms with E-state index >= 15 is 0 Å². The fourth-order valence-corrected chi connectivity index (χ4v) is 4.81. The van der Waals surface area contributed by atoms with Crippen molar-refractivity contribution in [3.05, 3.63) is 65.0 Å². The topological polar surface area (TPSA) is 55.9 Å². The average Bonchev–Trinajstić information content (AvgIpc) is 3.18. The highest BCUT2D eigenvalue weighted by atomic mass is 32.1. The third-order valence-corrected chi connectivity index (χ3v) is 6.71. The third-order valence-electron chi connectivity index (χ3n) is 5.70. The van der Waals surface area contributed by atoms with Gasteiger partial charge in [-0.15, -0.1) is 11.3 Å². The number of fused-ring (bicyclic) bond motifs is 1. The number of piperazine rings is 1. The standard InChI is InChI=1S/C24H28N4O2S/c1-26-10-12-28(13-11-26)15-18-6-5-7-20(14-18)25-23(29)24(30)27(2)16-19-17-31-22-9-4-3-8-21(19)22/h3-9,14,17H,10-13,15-16H2,1-2H3,(H,25,29). The lowest BCUT2D eigenvalue weighted by Gasteiger charge is -2.32. The maximum atomic E-state index is 12.6. The monoisotopic (exact) mass is 436 g/mol. The molecular formula is C24H28N4O2S. The van der Waals surface area contributed by atoms with E-state index in [1.54, 1.807) is 18.4 Å². The molecule has 2 heterocycles. The highest BCUT2D eigenvalue weighted by molar-refractivity contribution is 7.17. The summed E-state index contributed by atoms with van der Waals surface area (Å²) in [6.45, 7) is 5.45. The van der Waals surface area contributed by atoms with Crippen LogP contribution in [0.3, 0.4) is 0 Å². The van der Waals surface area contributed by atoms with E-state index in [-0.39, 0.29) is 0 Å². The molecule has 0 aliphatic carbocycles. The molecule has 0 saturated carbocycles. The quantitative estimate of drug-likeness (QED) is 0.624. The first-order chi connectivity index (χ1) is 15.0. The lowest BCUT2D eigenvalue weighted by Crippen LogP contribution is -2.43. The van der Waals surface area contributed by atoms with Gasteiger partial charge in [-0.25, -0.2) is 0 Å². The van der Waals surface area contributed by atoms with E-state index in [1.807, 2.05) is 41.8 Å². The van der Waals surface area contributed by atoms with Crippen molar-refractivity contribution in [3.8, 4) is 0 Å². The number of rotatable bonds is 5. The van der Waals surface area contributed by atoms with Crippen LogP contribution in [0.2, 0.25) is 0 Å². The minimum Gasteiger partial charge on any atom is -0.333 e. The summed E-state index contributed by atoms with van der Waals surface area (Å²) in [5.41, 5.74) is 2.84. The molecule has 7 heteroatoms. The van der Waals surface area contributed by atoms with Crippen LogP contribution in [0.15, 0.2) is 53.9 Å². The molecule has 0 atom stereocenters. The Labute approximate surface area is 187 Å². The average molecular weight is 437 g/mol. The van der Waals surface area contributed by atoms with E-state index in [2.05, 4.69) is 34.3 Å². The van der Waals surface area contributed by atoms with Gasteiger partial charge in [-0.3, -0.25) is 14.5 Å². The van der Waals surface area contributed by atoms with Crippen molar-refractivity contribution in [2.24, 2.45) is 0 Å². The fraction of sp³-hybridized carbons (Fsp3) is 0.333. The summed E-state index contributed by atoms with van der Waals surface area (Å²) in [6, 6.07) is 15.9. The molecule has 1 aliphatic heterocycles. The minimum absolute atomic E-state index is 0.402. The van der Waals surface area contributed by atoms with Crippen molar-refractivity contribution < 1.29 is 9.59 Å². The number of anilines is 1. The number of carbonyl (C=O) groups is 2. The summed E-state index contributed by atoms with van der Waals surface area (Å²) in [7, 11) is 3.81. The smallest absolute Gasteiger partial charge is 0.313 e. The zero-order valence-corrected chi connectivity index (χ0v) is 18.8. The maximum absolute atomic E-state index is 12.6. The van der Waals surface area contributed by atoms with Crippen LogP contribution >= 0.6 is 11.3 Å². The molecule has 4 rings (SSSR count). The second-order valence-electron chi connectivity index (χ2n) is 8.15. The minimum atomic E-state index is -0.612. The van der Waals surface area contributed by atoms with Gasteiger partial charge in [0, 0.05) is 56.7 Å². The third kappa shape index (κ3) is 5.31. The summed E-state index contributed by atoms with van der Waals surface area (Å²) in [4.78, 5) is 31.4. The van der Waals surface area contributed by atoms with Gasteiger partial charge in [-0.2, -0.15) is 0 Å². The van der Waals surface area contributed by atoms with Crippen LogP contribution in [0.25, 0.3) is 10.1 Å². The van der Waals surface area contributed by atoms with Crippen molar-refractivity contribution >= 4 is 38.9 Å². The number of thiophene rings is 1. The van der Waals surface area contributed by atoms with E-state index in [1.165, 1.54) is 9.60 Å². The molecule has 2 aromatic carbocycles. The Kier molecular flexibility index (Phi) is 6.65. The van der Waals surface area contributed by atoms with E-state index in [0.29, 0.717) is 12.2 Å². The van der Waals surface area contributed by atoms with Crippen LogP contribution < -0.4 is 5.32 Å². The second-order valence-corrected chi connectivity index (χ2v) is 9.06. The van der Waals surface area contributed by atoms with Crippen molar-refractivity contribution in [2.45, 2.75) is 13.1 Å². The number of amides is 2. The van der Waals surface area contributed by atoms with Crippen molar-refractivity contribution in [1.29, 1.82) is 0 Å². The Morgan fingerprint density at radius 3 is 2.65 bits per heavy atom. The van der Waals surface area contributed by atoms with Gasteiger partial charge in [-0.1, -0.05) is 30.3 Å². The molecule has 1 N–H and O–H groups in total. The molecule has 0 spiro atoms. The van der Waals surface area contributed by atoms with Crippen LogP contribution in [0, 0.1) is 0 Å². The van der Waals surface area contributed by atoms with E-state index in [9.17, 15) is 9.59 Å². The number of nitrogens with one attached hydrogen (secondary N) is 1. The Balaban J connectivity index is 1.35. The molecule has 3 aromatic rings. The van der Waals surface area contributed by atoms with Gasteiger partial charge in [0.1, 0.15) is 0 Å². The number of carbonyl (C=O) groups excluding carboxylic acids is 2. The maximum Gasteiger partial charge on any atom is 0.313 e. The van der Waals surface area contributed by atoms with E-state index in [0.717, 1.165) is 49.2 Å². The molecule has 2 amide bonds. The Morgan fingerprint density at radius 1 is 1.06 bits per heavy atom. The molecule has 0 radical (unpaired) electrons. The second kappa shape index (κ2) is 9.60. The molecule has 0 bridgehead atoms.